The van der Waals surface area contributed by atoms with Crippen molar-refractivity contribution in [3.63, 3.8) is 0 Å². The molecule has 0 saturated heterocycles. The third-order valence-corrected chi connectivity index (χ3v) is 3.68. The van der Waals surface area contributed by atoms with Crippen molar-refractivity contribution in [1.82, 2.24) is 14.9 Å². The molecule has 0 aliphatic carbocycles. The summed E-state index contributed by atoms with van der Waals surface area (Å²) >= 11 is 0. The summed E-state index contributed by atoms with van der Waals surface area (Å²) in [7, 11) is 2.14. The Hall–Kier alpha value is -1.39. The maximum atomic E-state index is 6.09. The zero-order valence-electron chi connectivity index (χ0n) is 12.1. The summed E-state index contributed by atoms with van der Waals surface area (Å²) in [5.41, 5.74) is 8.34. The van der Waals surface area contributed by atoms with Crippen molar-refractivity contribution >= 4 is 11.0 Å². The van der Waals surface area contributed by atoms with Crippen LogP contribution in [0.3, 0.4) is 0 Å². The van der Waals surface area contributed by atoms with Gasteiger partial charge in [-0.15, -0.1) is 0 Å². The van der Waals surface area contributed by atoms with E-state index in [0.29, 0.717) is 5.92 Å². The highest BCUT2D eigenvalue weighted by molar-refractivity contribution is 5.79. The van der Waals surface area contributed by atoms with E-state index in [9.17, 15) is 0 Å². The molecule has 4 heteroatoms. The van der Waals surface area contributed by atoms with E-state index < -0.39 is 0 Å². The van der Waals surface area contributed by atoms with E-state index in [1.54, 1.807) is 0 Å². The number of aromatic nitrogens is 2. The van der Waals surface area contributed by atoms with Gasteiger partial charge in [0.15, 0.2) is 0 Å². The van der Waals surface area contributed by atoms with Crippen LogP contribution < -0.4 is 5.73 Å². The molecule has 0 aliphatic heterocycles. The minimum atomic E-state index is 0.284. The van der Waals surface area contributed by atoms with Crippen LogP contribution in [0.1, 0.15) is 25.8 Å². The molecule has 0 spiro atoms. The van der Waals surface area contributed by atoms with Gasteiger partial charge in [0, 0.05) is 30.4 Å². The number of rotatable bonds is 6. The van der Waals surface area contributed by atoms with Crippen molar-refractivity contribution in [3.8, 4) is 0 Å². The molecular formula is C15H24N4. The monoisotopic (exact) mass is 260 g/mol. The fraction of sp³-hybridized carbons (Fsp3) is 0.533. The Balaban J connectivity index is 1.93. The van der Waals surface area contributed by atoms with Gasteiger partial charge in [0.25, 0.3) is 0 Å². The molecule has 0 aromatic carbocycles. The molecule has 0 saturated carbocycles. The highest BCUT2D eigenvalue weighted by Gasteiger charge is 2.10. The minimum absolute atomic E-state index is 0.284. The van der Waals surface area contributed by atoms with Crippen LogP contribution in [0.25, 0.3) is 11.0 Å². The lowest BCUT2D eigenvalue weighted by molar-refractivity contribution is 0.297. The largest absolute Gasteiger partial charge is 0.346 e. The first-order valence-corrected chi connectivity index (χ1v) is 6.93. The third-order valence-electron chi connectivity index (χ3n) is 3.68. The minimum Gasteiger partial charge on any atom is -0.346 e. The number of aromatic amines is 1. The van der Waals surface area contributed by atoms with Crippen LogP contribution in [0.5, 0.6) is 0 Å². The van der Waals surface area contributed by atoms with Gasteiger partial charge >= 0.3 is 0 Å². The summed E-state index contributed by atoms with van der Waals surface area (Å²) in [5, 5.41) is 1.21. The number of hydrogen-bond donors (Lipinski definition) is 2. The molecule has 1 unspecified atom stereocenters. The maximum absolute atomic E-state index is 6.09. The summed E-state index contributed by atoms with van der Waals surface area (Å²) in [6, 6.07) is 4.38. The fourth-order valence-corrected chi connectivity index (χ4v) is 2.22. The Morgan fingerprint density at radius 2 is 2.21 bits per heavy atom. The van der Waals surface area contributed by atoms with E-state index in [1.165, 1.54) is 10.9 Å². The molecule has 2 aromatic rings. The molecule has 2 rings (SSSR count). The zero-order chi connectivity index (χ0) is 13.8. The number of nitrogens with zero attached hydrogens (tertiary/aromatic N) is 2. The van der Waals surface area contributed by atoms with Gasteiger partial charge in [-0.3, -0.25) is 0 Å². The molecule has 0 aliphatic rings. The molecule has 0 bridgehead atoms. The Morgan fingerprint density at radius 3 is 2.95 bits per heavy atom. The van der Waals surface area contributed by atoms with E-state index in [4.69, 9.17) is 5.73 Å². The molecule has 0 fully saturated rings. The van der Waals surface area contributed by atoms with Crippen LogP contribution in [0, 0.1) is 5.92 Å². The summed E-state index contributed by atoms with van der Waals surface area (Å²) in [4.78, 5) is 9.84. The average Bonchev–Trinajstić information content (AvgIpc) is 2.79. The second-order valence-corrected chi connectivity index (χ2v) is 5.65. The van der Waals surface area contributed by atoms with E-state index in [0.717, 1.165) is 25.2 Å². The predicted octanol–water partition coefficient (Wildman–Crippen LogP) is 2.37. The SMILES string of the molecule is CC(C)C(N)CCN(C)Cc1c[nH]c2ncccc12. The molecule has 1 atom stereocenters. The number of H-pyrrole nitrogens is 1. The number of nitrogens with two attached hydrogens (primary N) is 1. The maximum Gasteiger partial charge on any atom is 0.137 e. The van der Waals surface area contributed by atoms with Crippen LogP contribution in [-0.4, -0.2) is 34.5 Å². The van der Waals surface area contributed by atoms with Gasteiger partial charge in [-0.1, -0.05) is 13.8 Å². The topological polar surface area (TPSA) is 57.9 Å². The van der Waals surface area contributed by atoms with Gasteiger partial charge in [0.05, 0.1) is 0 Å². The Labute approximate surface area is 115 Å². The van der Waals surface area contributed by atoms with Gasteiger partial charge in [-0.25, -0.2) is 4.98 Å². The second-order valence-electron chi connectivity index (χ2n) is 5.65. The van der Waals surface area contributed by atoms with Crippen LogP contribution in [0.2, 0.25) is 0 Å². The summed E-state index contributed by atoms with van der Waals surface area (Å²) < 4.78 is 0. The highest BCUT2D eigenvalue weighted by Crippen LogP contribution is 2.17. The molecule has 0 radical (unpaired) electrons. The van der Waals surface area contributed by atoms with Crippen molar-refractivity contribution in [2.24, 2.45) is 11.7 Å². The smallest absolute Gasteiger partial charge is 0.137 e. The van der Waals surface area contributed by atoms with E-state index >= 15 is 0 Å². The van der Waals surface area contributed by atoms with Gasteiger partial charge in [-0.2, -0.15) is 0 Å². The Bertz CT molecular complexity index is 518. The first-order valence-electron chi connectivity index (χ1n) is 6.93. The predicted molar refractivity (Wildman–Crippen MR) is 79.9 cm³/mol. The van der Waals surface area contributed by atoms with Crippen LogP contribution in [-0.2, 0) is 6.54 Å². The lowest BCUT2D eigenvalue weighted by Gasteiger charge is -2.21. The van der Waals surface area contributed by atoms with Crippen molar-refractivity contribution in [2.75, 3.05) is 13.6 Å². The number of nitrogens with one attached hydrogen (secondary N) is 1. The van der Waals surface area contributed by atoms with Crippen LogP contribution in [0.4, 0.5) is 0 Å². The lowest BCUT2D eigenvalue weighted by atomic mass is 10.0. The summed E-state index contributed by atoms with van der Waals surface area (Å²) in [6.07, 6.45) is 4.90. The van der Waals surface area contributed by atoms with E-state index in [-0.39, 0.29) is 6.04 Å². The molecular weight excluding hydrogens is 236 g/mol. The molecule has 2 heterocycles. The van der Waals surface area contributed by atoms with Gasteiger partial charge < -0.3 is 15.6 Å². The molecule has 3 N–H and O–H groups in total. The number of pyridine rings is 1. The number of fused-ring (bicyclic) bond motifs is 1. The van der Waals surface area contributed by atoms with Gasteiger partial charge in [-0.05, 0) is 43.6 Å². The van der Waals surface area contributed by atoms with Crippen molar-refractivity contribution in [1.29, 1.82) is 0 Å². The van der Waals surface area contributed by atoms with Gasteiger partial charge in [0.1, 0.15) is 5.65 Å². The van der Waals surface area contributed by atoms with Crippen molar-refractivity contribution in [3.05, 3.63) is 30.1 Å². The number of hydrogen-bond acceptors (Lipinski definition) is 3. The molecule has 4 nitrogen and oxygen atoms in total. The highest BCUT2D eigenvalue weighted by atomic mass is 15.1. The van der Waals surface area contributed by atoms with E-state index in [1.807, 2.05) is 12.3 Å². The average molecular weight is 260 g/mol. The lowest BCUT2D eigenvalue weighted by Crippen LogP contribution is -2.31. The molecule has 0 amide bonds. The quantitative estimate of drug-likeness (QED) is 0.838. The summed E-state index contributed by atoms with van der Waals surface area (Å²) in [5.74, 6) is 0.547. The first kappa shape index (κ1) is 14.0. The fourth-order valence-electron chi connectivity index (χ4n) is 2.22. The molecule has 19 heavy (non-hydrogen) atoms. The molecule has 2 aromatic heterocycles. The Morgan fingerprint density at radius 1 is 1.42 bits per heavy atom. The van der Waals surface area contributed by atoms with E-state index in [2.05, 4.69) is 48.0 Å². The van der Waals surface area contributed by atoms with Gasteiger partial charge in [0.2, 0.25) is 0 Å². The summed E-state index contributed by atoms with van der Waals surface area (Å²) in [6.45, 7) is 6.30. The van der Waals surface area contributed by atoms with Crippen molar-refractivity contribution in [2.45, 2.75) is 32.9 Å². The standard InChI is InChI=1S/C15H24N4/c1-11(2)14(16)6-8-19(3)10-12-9-18-15-13(12)5-4-7-17-15/h4-5,7,9,11,14H,6,8,10,16H2,1-3H3,(H,17,18). The van der Waals surface area contributed by atoms with Crippen LogP contribution in [0.15, 0.2) is 24.5 Å². The van der Waals surface area contributed by atoms with Crippen molar-refractivity contribution < 1.29 is 0 Å². The van der Waals surface area contributed by atoms with Crippen LogP contribution >= 0.6 is 0 Å². The molecule has 104 valence electrons. The first-order chi connectivity index (χ1) is 9.08. The normalized spacial score (nSPS) is 13.6. The zero-order valence-corrected chi connectivity index (χ0v) is 12.1. The Kier molecular flexibility index (Phi) is 4.56. The second kappa shape index (κ2) is 6.17. The third kappa shape index (κ3) is 3.55.